The fourth-order valence-electron chi connectivity index (χ4n) is 2.98. The van der Waals surface area contributed by atoms with Crippen LogP contribution in [-0.4, -0.2) is 9.24 Å². The molecule has 0 bridgehead atoms. The number of nitrogens with two attached hydrogens (primary N) is 1. The third-order valence-corrected chi connectivity index (χ3v) is 5.03. The van der Waals surface area contributed by atoms with E-state index in [1.165, 1.54) is 0 Å². The van der Waals surface area contributed by atoms with Crippen molar-refractivity contribution in [2.45, 2.75) is 25.4 Å². The van der Waals surface area contributed by atoms with Gasteiger partial charge >= 0.3 is 11.9 Å². The summed E-state index contributed by atoms with van der Waals surface area (Å²) in [5.74, 6) is 7.86. The smallest absolute Gasteiger partial charge is 0.335 e. The van der Waals surface area contributed by atoms with Gasteiger partial charge in [-0.3, -0.25) is 4.79 Å². The van der Waals surface area contributed by atoms with Gasteiger partial charge in [0.2, 0.25) is 0 Å². The summed E-state index contributed by atoms with van der Waals surface area (Å²) in [7, 11) is 0. The van der Waals surface area contributed by atoms with Gasteiger partial charge in [0, 0.05) is 11.1 Å². The average Bonchev–Trinajstić information content (AvgIpc) is 2.69. The molecular weight excluding hydrogens is 469 g/mol. The Morgan fingerprint density at radius 2 is 1.52 bits per heavy atom. The molecule has 1 heterocycles. The molecule has 0 atom stereocenters. The summed E-state index contributed by atoms with van der Waals surface area (Å²) in [5.41, 5.74) is -6.17. The Kier molecular flexibility index (Phi) is 6.13. The Morgan fingerprint density at radius 1 is 0.970 bits per heavy atom. The summed E-state index contributed by atoms with van der Waals surface area (Å²) in [4.78, 5) is 24.3. The summed E-state index contributed by atoms with van der Waals surface area (Å²) < 4.78 is 67.9. The number of halogens is 6. The number of hydrogen-bond acceptors (Lipinski definition) is 3. The number of alkyl halides is 3. The normalized spacial score (nSPS) is 11.8. The van der Waals surface area contributed by atoms with Crippen LogP contribution in [0.15, 0.2) is 52.1 Å². The van der Waals surface area contributed by atoms with Crippen molar-refractivity contribution in [1.29, 1.82) is 0 Å². The zero-order valence-corrected chi connectivity index (χ0v) is 17.9. The van der Waals surface area contributed by atoms with Crippen LogP contribution in [-0.2, 0) is 11.6 Å². The van der Waals surface area contributed by atoms with Crippen LogP contribution in [0.25, 0.3) is 5.69 Å². The molecule has 11 heteroatoms. The average molecular weight is 484 g/mol. The molecule has 0 unspecified atom stereocenters. The van der Waals surface area contributed by atoms with E-state index < -0.39 is 51.4 Å². The molecule has 2 N–H and O–H groups in total. The first-order chi connectivity index (χ1) is 15.2. The van der Waals surface area contributed by atoms with Gasteiger partial charge in [0.1, 0.15) is 11.6 Å². The summed E-state index contributed by atoms with van der Waals surface area (Å²) in [6, 6.07) is 7.98. The number of rotatable bonds is 2. The van der Waals surface area contributed by atoms with E-state index in [9.17, 15) is 31.5 Å². The van der Waals surface area contributed by atoms with Gasteiger partial charge in [-0.1, -0.05) is 35.6 Å². The van der Waals surface area contributed by atoms with Crippen molar-refractivity contribution in [1.82, 2.24) is 9.24 Å². The molecule has 0 spiro atoms. The van der Waals surface area contributed by atoms with Crippen molar-refractivity contribution in [2.24, 2.45) is 0 Å². The molecule has 1 aromatic heterocycles. The number of nitrogen functional groups attached to an aromatic ring is 1. The highest BCUT2D eigenvalue weighted by molar-refractivity contribution is 6.30. The van der Waals surface area contributed by atoms with Crippen molar-refractivity contribution >= 4 is 11.6 Å². The SMILES string of the molecule is CC(C)(C#Cc1c(F)cc(-n2c(=O)cc(C(F)(F)F)n(N)c2=O)cc1F)c1ccc(Cl)cc1. The molecule has 0 aliphatic carbocycles. The topological polar surface area (TPSA) is 70.0 Å². The minimum atomic E-state index is -5.08. The highest BCUT2D eigenvalue weighted by Gasteiger charge is 2.36. The van der Waals surface area contributed by atoms with Crippen LogP contribution >= 0.6 is 11.6 Å². The molecule has 5 nitrogen and oxygen atoms in total. The summed E-state index contributed by atoms with van der Waals surface area (Å²) in [6.07, 6.45) is -5.08. The van der Waals surface area contributed by atoms with Gasteiger partial charge in [-0.15, -0.1) is 0 Å². The number of aromatic nitrogens is 2. The van der Waals surface area contributed by atoms with Crippen LogP contribution in [0.3, 0.4) is 0 Å². The van der Waals surface area contributed by atoms with E-state index in [4.69, 9.17) is 17.4 Å². The first-order valence-corrected chi connectivity index (χ1v) is 9.60. The summed E-state index contributed by atoms with van der Waals surface area (Å²) >= 11 is 5.86. The maximum Gasteiger partial charge on any atom is 0.433 e. The Balaban J connectivity index is 2.08. The second kappa shape index (κ2) is 8.41. The first kappa shape index (κ1) is 24.1. The van der Waals surface area contributed by atoms with E-state index in [1.807, 2.05) is 0 Å². The molecule has 0 saturated heterocycles. The highest BCUT2D eigenvalue weighted by atomic mass is 35.5. The highest BCUT2D eigenvalue weighted by Crippen LogP contribution is 2.27. The molecule has 0 aliphatic rings. The van der Waals surface area contributed by atoms with Crippen LogP contribution in [0.4, 0.5) is 22.0 Å². The van der Waals surface area contributed by atoms with Gasteiger partial charge in [-0.2, -0.15) is 13.2 Å². The van der Waals surface area contributed by atoms with Gasteiger partial charge in [0.25, 0.3) is 5.56 Å². The maximum atomic E-state index is 14.7. The predicted molar refractivity (Wildman–Crippen MR) is 113 cm³/mol. The third kappa shape index (κ3) is 4.78. The van der Waals surface area contributed by atoms with Gasteiger partial charge in [0.05, 0.1) is 16.7 Å². The Labute approximate surface area is 188 Å². The second-order valence-electron chi connectivity index (χ2n) is 7.52. The summed E-state index contributed by atoms with van der Waals surface area (Å²) in [5, 5.41) is 0.505. The van der Waals surface area contributed by atoms with Crippen molar-refractivity contribution in [3.63, 3.8) is 0 Å². The molecular formula is C22H15ClF5N3O2. The first-order valence-electron chi connectivity index (χ1n) is 9.22. The molecule has 0 aliphatic heterocycles. The molecule has 3 rings (SSSR count). The van der Waals surface area contributed by atoms with E-state index >= 15 is 0 Å². The number of nitrogens with zero attached hydrogens (tertiary/aromatic N) is 2. The number of benzene rings is 2. The van der Waals surface area contributed by atoms with Crippen LogP contribution in [0.1, 0.15) is 30.7 Å². The van der Waals surface area contributed by atoms with Gasteiger partial charge in [-0.25, -0.2) is 22.8 Å². The lowest BCUT2D eigenvalue weighted by atomic mass is 9.85. The Morgan fingerprint density at radius 3 is 2.03 bits per heavy atom. The maximum absolute atomic E-state index is 14.7. The van der Waals surface area contributed by atoms with E-state index in [0.29, 0.717) is 17.2 Å². The molecule has 0 fully saturated rings. The van der Waals surface area contributed by atoms with Crippen molar-refractivity contribution in [3.8, 4) is 17.5 Å². The van der Waals surface area contributed by atoms with Crippen LogP contribution in [0.2, 0.25) is 5.02 Å². The Bertz CT molecular complexity index is 1390. The lowest BCUT2D eigenvalue weighted by molar-refractivity contribution is -0.143. The lowest BCUT2D eigenvalue weighted by Gasteiger charge is -2.18. The van der Waals surface area contributed by atoms with Gasteiger partial charge in [0.15, 0.2) is 5.69 Å². The van der Waals surface area contributed by atoms with Crippen LogP contribution in [0, 0.1) is 23.5 Å². The van der Waals surface area contributed by atoms with E-state index in [1.54, 1.807) is 38.1 Å². The van der Waals surface area contributed by atoms with Crippen LogP contribution < -0.4 is 17.1 Å². The zero-order chi connectivity index (χ0) is 24.7. The largest absolute Gasteiger partial charge is 0.433 e. The fraction of sp³-hybridized carbons (Fsp3) is 0.182. The van der Waals surface area contributed by atoms with E-state index in [2.05, 4.69) is 11.8 Å². The van der Waals surface area contributed by atoms with Gasteiger partial charge in [-0.05, 0) is 43.7 Å². The van der Waals surface area contributed by atoms with Crippen molar-refractivity contribution in [2.75, 3.05) is 5.84 Å². The monoisotopic (exact) mass is 483 g/mol. The van der Waals surface area contributed by atoms with Crippen molar-refractivity contribution in [3.05, 3.63) is 96.8 Å². The molecule has 0 radical (unpaired) electrons. The third-order valence-electron chi connectivity index (χ3n) is 4.78. The molecule has 172 valence electrons. The quantitative estimate of drug-likeness (QED) is 0.340. The number of hydrogen-bond donors (Lipinski definition) is 1. The Hall–Kier alpha value is -3.58. The molecule has 33 heavy (non-hydrogen) atoms. The minimum Gasteiger partial charge on any atom is -0.335 e. The molecule has 2 aromatic carbocycles. The van der Waals surface area contributed by atoms with Crippen LogP contribution in [0.5, 0.6) is 0 Å². The summed E-state index contributed by atoms with van der Waals surface area (Å²) in [6.45, 7) is 3.44. The molecule has 3 aromatic rings. The fourth-order valence-corrected chi connectivity index (χ4v) is 3.10. The van der Waals surface area contributed by atoms with Gasteiger partial charge < -0.3 is 5.84 Å². The van der Waals surface area contributed by atoms with Crippen molar-refractivity contribution < 1.29 is 22.0 Å². The zero-order valence-electron chi connectivity index (χ0n) is 17.1. The van der Waals surface area contributed by atoms with E-state index in [0.717, 1.165) is 5.56 Å². The standard InChI is InChI=1S/C22H15ClF5N3O2/c1-21(2,12-3-5-13(23)6-4-12)8-7-15-16(24)9-14(10-17(15)25)30-19(32)11-18(22(26,27)28)31(29)20(30)33/h3-6,9-11H,29H2,1-2H3. The molecule has 0 saturated carbocycles. The second-order valence-corrected chi connectivity index (χ2v) is 7.96. The van der Waals surface area contributed by atoms with E-state index in [-0.39, 0.29) is 15.3 Å². The lowest BCUT2D eigenvalue weighted by Crippen LogP contribution is -2.45. The predicted octanol–water partition coefficient (Wildman–Crippen LogP) is 3.99. The minimum absolute atomic E-state index is 0.0551. The molecule has 0 amide bonds.